The molecule has 112 valence electrons. The van der Waals surface area contributed by atoms with Gasteiger partial charge in [-0.1, -0.05) is 30.7 Å². The lowest BCUT2D eigenvalue weighted by Crippen LogP contribution is -2.19. The molecule has 1 unspecified atom stereocenters. The summed E-state index contributed by atoms with van der Waals surface area (Å²) in [4.78, 5) is 0. The summed E-state index contributed by atoms with van der Waals surface area (Å²) in [5.74, 6) is 0.781. The molecule has 0 saturated carbocycles. The Balaban J connectivity index is 2.11. The van der Waals surface area contributed by atoms with E-state index in [9.17, 15) is 4.39 Å². The molecule has 2 aromatic carbocycles. The molecule has 0 fully saturated rings. The Kier molecular flexibility index (Phi) is 5.59. The zero-order valence-corrected chi connectivity index (χ0v) is 13.0. The van der Waals surface area contributed by atoms with Crippen molar-refractivity contribution in [3.63, 3.8) is 0 Å². The zero-order valence-electron chi connectivity index (χ0n) is 12.2. The summed E-state index contributed by atoms with van der Waals surface area (Å²) < 4.78 is 18.9. The number of benzene rings is 2. The van der Waals surface area contributed by atoms with E-state index < -0.39 is 5.82 Å². The van der Waals surface area contributed by atoms with Gasteiger partial charge < -0.3 is 10.1 Å². The number of hydrogen-bond donors (Lipinski definition) is 1. The van der Waals surface area contributed by atoms with Gasteiger partial charge in [-0.3, -0.25) is 0 Å². The fourth-order valence-corrected chi connectivity index (χ4v) is 2.17. The molecule has 0 radical (unpaired) electrons. The van der Waals surface area contributed by atoms with Gasteiger partial charge in [0.1, 0.15) is 17.3 Å². The Morgan fingerprint density at radius 3 is 2.67 bits per heavy atom. The minimum absolute atomic E-state index is 0.0571. The molecule has 2 aromatic rings. The van der Waals surface area contributed by atoms with Gasteiger partial charge in [-0.15, -0.1) is 0 Å². The van der Waals surface area contributed by atoms with Crippen LogP contribution in [0.3, 0.4) is 0 Å². The second-order valence-corrected chi connectivity index (χ2v) is 5.33. The Hall–Kier alpha value is -1.58. The lowest BCUT2D eigenvalue weighted by Gasteiger charge is -2.15. The van der Waals surface area contributed by atoms with Gasteiger partial charge in [-0.05, 0) is 49.7 Å². The lowest BCUT2D eigenvalue weighted by atomic mass is 10.1. The first-order valence-corrected chi connectivity index (χ1v) is 7.44. The predicted molar refractivity (Wildman–Crippen MR) is 84.6 cm³/mol. The average molecular weight is 308 g/mol. The monoisotopic (exact) mass is 307 g/mol. The van der Waals surface area contributed by atoms with Gasteiger partial charge in [0, 0.05) is 12.1 Å². The molecule has 1 atom stereocenters. The van der Waals surface area contributed by atoms with Gasteiger partial charge in [-0.25, -0.2) is 4.39 Å². The molecule has 2 nitrogen and oxygen atoms in total. The molecule has 0 amide bonds. The molecular formula is C17H19ClFNO. The van der Waals surface area contributed by atoms with E-state index in [-0.39, 0.29) is 11.1 Å². The minimum Gasteiger partial charge on any atom is -0.457 e. The fourth-order valence-electron chi connectivity index (χ4n) is 2.00. The van der Waals surface area contributed by atoms with Crippen molar-refractivity contribution in [2.45, 2.75) is 26.3 Å². The highest BCUT2D eigenvalue weighted by atomic mass is 35.5. The second-order valence-electron chi connectivity index (χ2n) is 4.93. The highest BCUT2D eigenvalue weighted by Gasteiger charge is 2.07. The first-order valence-electron chi connectivity index (χ1n) is 7.06. The van der Waals surface area contributed by atoms with E-state index in [0.29, 0.717) is 11.5 Å². The van der Waals surface area contributed by atoms with Crippen LogP contribution in [0.2, 0.25) is 5.02 Å². The Morgan fingerprint density at radius 1 is 1.19 bits per heavy atom. The Morgan fingerprint density at radius 2 is 1.95 bits per heavy atom. The van der Waals surface area contributed by atoms with Gasteiger partial charge in [0.15, 0.2) is 0 Å². The van der Waals surface area contributed by atoms with Gasteiger partial charge in [0.2, 0.25) is 0 Å². The normalized spacial score (nSPS) is 12.2. The van der Waals surface area contributed by atoms with E-state index in [2.05, 4.69) is 25.2 Å². The van der Waals surface area contributed by atoms with Crippen LogP contribution in [0.4, 0.5) is 4.39 Å². The summed E-state index contributed by atoms with van der Waals surface area (Å²) in [5, 5.41) is 3.49. The lowest BCUT2D eigenvalue weighted by molar-refractivity contribution is 0.477. The molecule has 0 saturated heterocycles. The molecule has 0 aliphatic rings. The van der Waals surface area contributed by atoms with Crippen LogP contribution in [0.25, 0.3) is 0 Å². The first kappa shape index (κ1) is 15.8. The van der Waals surface area contributed by atoms with E-state index in [1.165, 1.54) is 12.1 Å². The van der Waals surface area contributed by atoms with Crippen LogP contribution in [0.1, 0.15) is 31.9 Å². The number of rotatable bonds is 6. The van der Waals surface area contributed by atoms with Crippen LogP contribution in [-0.2, 0) is 0 Å². The van der Waals surface area contributed by atoms with Crippen LogP contribution in [0, 0.1) is 5.82 Å². The smallest absolute Gasteiger partial charge is 0.142 e. The van der Waals surface area contributed by atoms with Crippen molar-refractivity contribution in [3.8, 4) is 11.5 Å². The number of ether oxygens (including phenoxy) is 1. The van der Waals surface area contributed by atoms with E-state index in [4.69, 9.17) is 16.3 Å². The van der Waals surface area contributed by atoms with Gasteiger partial charge in [-0.2, -0.15) is 0 Å². The molecule has 21 heavy (non-hydrogen) atoms. The Bertz CT molecular complexity index is 603. The number of nitrogens with one attached hydrogen (secondary N) is 1. The van der Waals surface area contributed by atoms with E-state index in [1.807, 2.05) is 18.2 Å². The average Bonchev–Trinajstić information content (AvgIpc) is 2.49. The third kappa shape index (κ3) is 4.45. The molecule has 2 rings (SSSR count). The highest BCUT2D eigenvalue weighted by molar-refractivity contribution is 6.30. The maximum atomic E-state index is 13.1. The van der Waals surface area contributed by atoms with Gasteiger partial charge in [0.05, 0.1) is 5.02 Å². The van der Waals surface area contributed by atoms with Crippen molar-refractivity contribution in [1.82, 2.24) is 5.32 Å². The molecule has 0 aliphatic carbocycles. The van der Waals surface area contributed by atoms with Crippen LogP contribution < -0.4 is 10.1 Å². The molecule has 1 N–H and O–H groups in total. The van der Waals surface area contributed by atoms with Crippen molar-refractivity contribution in [1.29, 1.82) is 0 Å². The van der Waals surface area contributed by atoms with Gasteiger partial charge in [0.25, 0.3) is 0 Å². The van der Waals surface area contributed by atoms with E-state index in [0.717, 1.165) is 18.5 Å². The Labute approximate surface area is 129 Å². The summed E-state index contributed by atoms with van der Waals surface area (Å²) in [5.41, 5.74) is 1.15. The standard InChI is InChI=1S/C17H19ClFNO/c1-3-9-20-12(2)13-5-4-6-14(10-13)21-15-7-8-17(19)16(18)11-15/h4-8,10-12,20H,3,9H2,1-2H3. The highest BCUT2D eigenvalue weighted by Crippen LogP contribution is 2.27. The summed E-state index contributed by atoms with van der Waals surface area (Å²) in [6, 6.07) is 12.4. The molecule has 0 bridgehead atoms. The minimum atomic E-state index is -0.449. The van der Waals surface area contributed by atoms with Crippen LogP contribution in [-0.4, -0.2) is 6.54 Å². The summed E-state index contributed by atoms with van der Waals surface area (Å²) >= 11 is 5.75. The second kappa shape index (κ2) is 7.43. The quantitative estimate of drug-likeness (QED) is 0.778. The maximum Gasteiger partial charge on any atom is 0.142 e. The van der Waals surface area contributed by atoms with Crippen LogP contribution in [0.5, 0.6) is 11.5 Å². The summed E-state index contributed by atoms with van der Waals surface area (Å²) in [6.45, 7) is 5.22. The summed E-state index contributed by atoms with van der Waals surface area (Å²) in [6.07, 6.45) is 1.09. The summed E-state index contributed by atoms with van der Waals surface area (Å²) in [7, 11) is 0. The largest absolute Gasteiger partial charge is 0.457 e. The third-order valence-electron chi connectivity index (χ3n) is 3.19. The SMILES string of the molecule is CCCNC(C)c1cccc(Oc2ccc(F)c(Cl)c2)c1. The van der Waals surface area contributed by atoms with Crippen molar-refractivity contribution >= 4 is 11.6 Å². The molecule has 0 aromatic heterocycles. The topological polar surface area (TPSA) is 21.3 Å². The fraction of sp³-hybridized carbons (Fsp3) is 0.294. The number of halogens is 2. The number of hydrogen-bond acceptors (Lipinski definition) is 2. The van der Waals surface area contributed by atoms with E-state index in [1.54, 1.807) is 6.07 Å². The van der Waals surface area contributed by atoms with Gasteiger partial charge >= 0.3 is 0 Å². The molecule has 0 heterocycles. The molecule has 0 aliphatic heterocycles. The maximum absolute atomic E-state index is 13.1. The van der Waals surface area contributed by atoms with Crippen LogP contribution in [0.15, 0.2) is 42.5 Å². The molecule has 4 heteroatoms. The zero-order chi connectivity index (χ0) is 15.2. The van der Waals surface area contributed by atoms with Crippen molar-refractivity contribution in [2.24, 2.45) is 0 Å². The van der Waals surface area contributed by atoms with Crippen molar-refractivity contribution < 1.29 is 9.13 Å². The third-order valence-corrected chi connectivity index (χ3v) is 3.48. The van der Waals surface area contributed by atoms with Crippen LogP contribution >= 0.6 is 11.6 Å². The first-order chi connectivity index (χ1) is 10.1. The molecular weight excluding hydrogens is 289 g/mol. The predicted octanol–water partition coefficient (Wildman–Crippen LogP) is 5.33. The van der Waals surface area contributed by atoms with Crippen molar-refractivity contribution in [2.75, 3.05) is 6.54 Å². The molecule has 0 spiro atoms. The van der Waals surface area contributed by atoms with Crippen molar-refractivity contribution in [3.05, 3.63) is 58.9 Å². The van der Waals surface area contributed by atoms with E-state index >= 15 is 0 Å².